The number of rotatable bonds is 15. The third-order valence-electron chi connectivity index (χ3n) is 7.84. The molecule has 65 heavy (non-hydrogen) atoms. The van der Waals surface area contributed by atoms with Crippen LogP contribution < -0.4 is 29.9 Å². The first-order valence-electron chi connectivity index (χ1n) is 17.7. The summed E-state index contributed by atoms with van der Waals surface area (Å²) in [7, 11) is -5.27. The lowest BCUT2D eigenvalue weighted by molar-refractivity contribution is -0.142. The number of esters is 1. The molecule has 3 N–H and O–H groups in total. The fraction of sp³-hybridized carbons (Fsp3) is 0.314. The topological polar surface area (TPSA) is 282 Å². The molecule has 2 aromatic carbocycles. The van der Waals surface area contributed by atoms with Crippen molar-refractivity contribution in [3.63, 3.8) is 0 Å². The molecule has 0 spiro atoms. The number of methoxy groups -OCH3 is 2. The number of halogens is 6. The second-order valence-corrected chi connectivity index (χ2v) is 17.6. The van der Waals surface area contributed by atoms with E-state index in [1.54, 1.807) is 37.4 Å². The summed E-state index contributed by atoms with van der Waals surface area (Å²) in [5.41, 5.74) is -0.800. The quantitative estimate of drug-likeness (QED) is 0.0971. The third-order valence-corrected chi connectivity index (χ3v) is 12.3. The first-order valence-corrected chi connectivity index (χ1v) is 22.2. The fourth-order valence-electron chi connectivity index (χ4n) is 4.79. The largest absolute Gasteiger partial charge is 0.481 e. The summed E-state index contributed by atoms with van der Waals surface area (Å²) in [6.45, 7) is -0.591. The molecule has 0 radical (unpaired) electrons. The number of carbonyl (C=O) groups excluding carboxylic acids is 2. The van der Waals surface area contributed by atoms with Gasteiger partial charge >= 0.3 is 40.4 Å². The molecule has 0 aliphatic carbocycles. The van der Waals surface area contributed by atoms with E-state index >= 15 is 0 Å². The number of fused-ring (bicyclic) bond motifs is 1. The van der Waals surface area contributed by atoms with Crippen molar-refractivity contribution in [1.82, 2.24) is 37.7 Å². The number of sulfonamides is 1. The number of aliphatic carboxylic acids is 1. The number of aryl methyl sites for hydroxylation is 1. The number of hydrogen-bond donors (Lipinski definition) is 3. The van der Waals surface area contributed by atoms with Gasteiger partial charge in [0.25, 0.3) is 0 Å². The van der Waals surface area contributed by atoms with Gasteiger partial charge in [0, 0.05) is 30.1 Å². The van der Waals surface area contributed by atoms with Crippen molar-refractivity contribution in [2.24, 2.45) is 0 Å². The molecule has 3 heterocycles. The lowest BCUT2D eigenvalue weighted by Gasteiger charge is -2.15. The number of benzene rings is 2. The summed E-state index contributed by atoms with van der Waals surface area (Å²) in [4.78, 5) is 57.4. The van der Waals surface area contributed by atoms with E-state index in [4.69, 9.17) is 58.9 Å². The van der Waals surface area contributed by atoms with Gasteiger partial charge in [-0.1, -0.05) is 26.9 Å². The Balaban J connectivity index is 0.000000266. The van der Waals surface area contributed by atoms with Crippen molar-refractivity contribution >= 4 is 89.9 Å². The van der Waals surface area contributed by atoms with E-state index in [1.807, 2.05) is 5.32 Å². The summed E-state index contributed by atoms with van der Waals surface area (Å²) in [5, 5.41) is 14.4. The molecule has 5 rings (SSSR count). The molecule has 3 aromatic heterocycles. The monoisotopic (exact) mass is 1020 g/mol. The minimum absolute atomic E-state index is 0.00654. The summed E-state index contributed by atoms with van der Waals surface area (Å²) in [5.74, 6) is -2.72. The first kappa shape index (κ1) is 53.3. The highest BCUT2D eigenvalue weighted by molar-refractivity contribution is 8.03. The number of carbonyl (C=O) groups is 3. The van der Waals surface area contributed by atoms with E-state index in [1.165, 1.54) is 31.9 Å². The van der Waals surface area contributed by atoms with Crippen molar-refractivity contribution in [3.8, 4) is 23.2 Å². The number of amides is 2. The molecule has 0 aliphatic rings. The fourth-order valence-corrected chi connectivity index (χ4v) is 7.41. The average Bonchev–Trinajstić information content (AvgIpc) is 3.53. The Hall–Kier alpha value is -6.00. The van der Waals surface area contributed by atoms with Crippen LogP contribution in [-0.4, -0.2) is 119 Å². The van der Waals surface area contributed by atoms with Crippen LogP contribution in [0.5, 0.6) is 17.5 Å². The van der Waals surface area contributed by atoms with Crippen LogP contribution >= 0.6 is 34.8 Å². The minimum atomic E-state index is -4.60. The van der Waals surface area contributed by atoms with Gasteiger partial charge in [-0.05, 0) is 55.8 Å². The second-order valence-electron chi connectivity index (χ2n) is 12.3. The molecule has 5 aromatic rings. The summed E-state index contributed by atoms with van der Waals surface area (Å²) < 4.78 is 108. The number of pyridine rings is 1. The van der Waals surface area contributed by atoms with E-state index < -0.39 is 68.2 Å². The van der Waals surface area contributed by atoms with Gasteiger partial charge in [-0.2, -0.15) is 31.8 Å². The van der Waals surface area contributed by atoms with Crippen molar-refractivity contribution in [1.29, 1.82) is 0 Å². The van der Waals surface area contributed by atoms with Gasteiger partial charge in [-0.25, -0.2) is 36.5 Å². The number of carboxylic acid groups (broad SMARTS) is 1. The summed E-state index contributed by atoms with van der Waals surface area (Å²) in [6, 6.07) is 8.92. The SMILES string of the molecule is CCOC(=O)C(Cl)Cc1cc(-n2nc(C)n(C(F)F)c2=O)c(F)cc1Cl.COc1cc(OC)nc(NC(=O)NS(=O)(=O)N(C)S(C)(=O)=O)n1.O=C(O)COc1ccc(Cl)c2cccnc12. The normalized spacial score (nSPS) is 11.7. The number of alkyl halides is 3. The van der Waals surface area contributed by atoms with Crippen molar-refractivity contribution in [2.75, 3.05) is 46.1 Å². The molecule has 30 heteroatoms. The molecular formula is C35H37Cl3F3N9O13S2. The number of aromatic nitrogens is 6. The maximum atomic E-state index is 14.2. The highest BCUT2D eigenvalue weighted by atomic mass is 35.5. The van der Waals surface area contributed by atoms with Crippen LogP contribution in [0.4, 0.5) is 23.9 Å². The standard InChI is InChI=1S/C15H14Cl2F3N3O3.C11H8ClNO3.C9H15N5O7S2/c1-3-26-13(24)10(17)4-8-5-12(11(18)6-9(8)16)23-15(25)22(14(19)20)7(2)21-23;12-8-3-4-9(16-6-10(14)15)11-7(8)2-1-5-13-11;1-14(22(4,16)17)23(18,19)13-9(15)12-8-10-6(20-2)5-7(11-8)21-3/h5-6,10,14H,3-4H2,1-2H3;1-5H,6H2,(H,14,15);5H,1-4H3,(H2,10,11,12,13,15). The molecular weight excluding hydrogens is 982 g/mol. The van der Waals surface area contributed by atoms with Crippen LogP contribution in [0.25, 0.3) is 16.6 Å². The first-order chi connectivity index (χ1) is 30.3. The minimum Gasteiger partial charge on any atom is -0.481 e. The van der Waals surface area contributed by atoms with E-state index in [0.29, 0.717) is 27.2 Å². The van der Waals surface area contributed by atoms with E-state index in [9.17, 15) is 49.2 Å². The average molecular weight is 1020 g/mol. The lowest BCUT2D eigenvalue weighted by Crippen LogP contribution is -2.45. The Morgan fingerprint density at radius 2 is 1.63 bits per heavy atom. The Morgan fingerprint density at radius 3 is 2.17 bits per heavy atom. The lowest BCUT2D eigenvalue weighted by atomic mass is 10.1. The number of ether oxygens (including phenoxy) is 4. The predicted octanol–water partition coefficient (Wildman–Crippen LogP) is 4.35. The number of carboxylic acids is 1. The number of nitrogens with zero attached hydrogens (tertiary/aromatic N) is 7. The van der Waals surface area contributed by atoms with Gasteiger partial charge < -0.3 is 24.1 Å². The summed E-state index contributed by atoms with van der Waals surface area (Å²) in [6.07, 6.45) is 2.16. The van der Waals surface area contributed by atoms with Crippen LogP contribution in [0.2, 0.25) is 10.0 Å². The van der Waals surface area contributed by atoms with Crippen LogP contribution in [-0.2, 0) is 41.0 Å². The molecule has 22 nitrogen and oxygen atoms in total. The van der Waals surface area contributed by atoms with Crippen molar-refractivity contribution in [2.45, 2.75) is 32.2 Å². The Kier molecular flexibility index (Phi) is 19.1. The van der Waals surface area contributed by atoms with Crippen LogP contribution in [0.3, 0.4) is 0 Å². The van der Waals surface area contributed by atoms with Crippen molar-refractivity contribution in [3.05, 3.63) is 86.4 Å². The number of hydrogen-bond acceptors (Lipinski definition) is 16. The molecule has 354 valence electrons. The number of nitrogens with one attached hydrogen (secondary N) is 2. The Labute approximate surface area is 382 Å². The summed E-state index contributed by atoms with van der Waals surface area (Å²) >= 11 is 17.9. The van der Waals surface area contributed by atoms with E-state index in [2.05, 4.69) is 20.1 Å². The molecule has 0 fully saturated rings. The molecule has 0 aliphatic heterocycles. The molecule has 2 amide bonds. The smallest absolute Gasteiger partial charge is 0.355 e. The zero-order valence-electron chi connectivity index (χ0n) is 34.5. The van der Waals surface area contributed by atoms with Crippen LogP contribution in [0.15, 0.2) is 53.5 Å². The Morgan fingerprint density at radius 1 is 1.00 bits per heavy atom. The van der Waals surface area contributed by atoms with Gasteiger partial charge in [0.2, 0.25) is 27.7 Å². The zero-order valence-corrected chi connectivity index (χ0v) is 38.4. The van der Waals surface area contributed by atoms with Crippen LogP contribution in [0, 0.1) is 12.7 Å². The number of anilines is 1. The zero-order chi connectivity index (χ0) is 49.0. The highest BCUT2D eigenvalue weighted by Gasteiger charge is 2.29. The predicted molar refractivity (Wildman–Crippen MR) is 227 cm³/mol. The maximum Gasteiger partial charge on any atom is 0.355 e. The van der Waals surface area contributed by atoms with Crippen molar-refractivity contribution < 1.29 is 68.4 Å². The van der Waals surface area contributed by atoms with Gasteiger partial charge in [0.15, 0.2) is 12.4 Å². The molecule has 0 saturated heterocycles. The van der Waals surface area contributed by atoms with Gasteiger partial charge in [-0.15, -0.1) is 16.7 Å². The van der Waals surface area contributed by atoms with Crippen LogP contribution in [0.1, 0.15) is 24.9 Å². The molecule has 0 saturated carbocycles. The molecule has 0 bridgehead atoms. The third kappa shape index (κ3) is 14.8. The second kappa shape index (κ2) is 23.3. The van der Waals surface area contributed by atoms with E-state index in [0.717, 1.165) is 24.6 Å². The highest BCUT2D eigenvalue weighted by Crippen LogP contribution is 2.30. The number of urea groups is 1. The van der Waals surface area contributed by atoms with E-state index in [-0.39, 0.29) is 61.1 Å². The molecule has 1 unspecified atom stereocenters. The van der Waals surface area contributed by atoms with Gasteiger partial charge in [0.05, 0.1) is 38.2 Å². The maximum absolute atomic E-state index is 14.2. The molecule has 1 atom stereocenters. The Bertz CT molecular complexity index is 2800. The van der Waals surface area contributed by atoms with Gasteiger partial charge in [0.1, 0.15) is 28.2 Å². The van der Waals surface area contributed by atoms with Gasteiger partial charge in [-0.3, -0.25) is 15.1 Å².